The molecule has 0 radical (unpaired) electrons. The smallest absolute Gasteiger partial charge is 0.0553 e. The second kappa shape index (κ2) is 13.4. The van der Waals surface area contributed by atoms with Crippen molar-refractivity contribution in [2.75, 3.05) is 0 Å². The highest BCUT2D eigenvalue weighted by Gasteiger charge is 2.59. The summed E-state index contributed by atoms with van der Waals surface area (Å²) >= 11 is 0. The van der Waals surface area contributed by atoms with E-state index in [0.29, 0.717) is 29.6 Å². The minimum atomic E-state index is -1.82. The molecule has 51 heavy (non-hydrogen) atoms. The van der Waals surface area contributed by atoms with Gasteiger partial charge in [0.2, 0.25) is 0 Å². The lowest BCUT2D eigenvalue weighted by molar-refractivity contribution is 0.372. The van der Waals surface area contributed by atoms with Crippen molar-refractivity contribution >= 4 is 19.2 Å². The first kappa shape index (κ1) is 36.2. The maximum Gasteiger partial charge on any atom is 0.0553 e. The molecule has 0 amide bonds. The van der Waals surface area contributed by atoms with Crippen LogP contribution in [0.3, 0.4) is 0 Å². The van der Waals surface area contributed by atoms with Gasteiger partial charge in [-0.05, 0) is 121 Å². The van der Waals surface area contributed by atoms with E-state index in [2.05, 4.69) is 185 Å². The summed E-state index contributed by atoms with van der Waals surface area (Å²) < 4.78 is 0. The summed E-state index contributed by atoms with van der Waals surface area (Å²) in [7, 11) is -1.82. The molecule has 4 aliphatic carbocycles. The lowest BCUT2D eigenvalue weighted by atomic mass is 9.75. The highest BCUT2D eigenvalue weighted by molar-refractivity contribution is 6.80. The molecule has 0 aliphatic heterocycles. The van der Waals surface area contributed by atoms with Gasteiger partial charge in [0.05, 0.1) is 8.07 Å². The third-order valence-electron chi connectivity index (χ3n) is 13.9. The Labute approximate surface area is 312 Å². The Balaban J connectivity index is 1.24. The fourth-order valence-electron chi connectivity index (χ4n) is 11.5. The first-order valence-electron chi connectivity index (χ1n) is 20.2. The molecule has 4 aliphatic rings. The van der Waals surface area contributed by atoms with Crippen LogP contribution in [-0.4, -0.2) is 8.07 Å². The van der Waals surface area contributed by atoms with Gasteiger partial charge in [0.25, 0.3) is 0 Å². The number of rotatable bonds is 6. The predicted octanol–water partition coefficient (Wildman–Crippen LogP) is 14.2. The van der Waals surface area contributed by atoms with Crippen LogP contribution in [0.15, 0.2) is 109 Å². The lowest BCUT2D eigenvalue weighted by Crippen LogP contribution is -2.46. The monoisotopic (exact) mass is 692 g/mol. The number of fused-ring (bicyclic) bond motifs is 2. The van der Waals surface area contributed by atoms with Crippen LogP contribution in [0.4, 0.5) is 0 Å². The molecule has 0 saturated heterocycles. The number of hydrogen-bond donors (Lipinski definition) is 0. The molecule has 0 N–H and O–H groups in total. The highest BCUT2D eigenvalue weighted by Crippen LogP contribution is 2.66. The number of hydrogen-bond acceptors (Lipinski definition) is 0. The Bertz CT molecular complexity index is 1830. The molecule has 3 aromatic carbocycles. The maximum absolute atomic E-state index is 2.83. The van der Waals surface area contributed by atoms with Crippen molar-refractivity contribution in [2.45, 2.75) is 110 Å². The van der Waals surface area contributed by atoms with Crippen LogP contribution < -0.4 is 0 Å². The SMILES string of the molecule is CC(C)C1CC2C(c3cc(C(C)(C)C)cc(C(C)(C)C)c3)=CC=CC2C1[Si](C)(C)C1C(C)CC2C(c3ccccc3-c3ccccc3)=CC=CC21. The van der Waals surface area contributed by atoms with Gasteiger partial charge >= 0.3 is 0 Å². The molecule has 3 aromatic rings. The fourth-order valence-corrected chi connectivity index (χ4v) is 17.9. The van der Waals surface area contributed by atoms with Crippen LogP contribution in [0.1, 0.15) is 97.4 Å². The van der Waals surface area contributed by atoms with Crippen molar-refractivity contribution in [1.29, 1.82) is 0 Å². The van der Waals surface area contributed by atoms with E-state index in [1.54, 1.807) is 11.1 Å². The minimum absolute atomic E-state index is 0.117. The first-order valence-corrected chi connectivity index (χ1v) is 23.3. The molecule has 0 aromatic heterocycles. The van der Waals surface area contributed by atoms with E-state index in [9.17, 15) is 0 Å². The van der Waals surface area contributed by atoms with Crippen molar-refractivity contribution in [3.63, 3.8) is 0 Å². The average molecular weight is 693 g/mol. The van der Waals surface area contributed by atoms with Gasteiger partial charge in [0, 0.05) is 0 Å². The summed E-state index contributed by atoms with van der Waals surface area (Å²) in [5.41, 5.74) is 13.5. The minimum Gasteiger partial charge on any atom is -0.0808 e. The van der Waals surface area contributed by atoms with Crippen LogP contribution in [0.25, 0.3) is 22.3 Å². The Morgan fingerprint density at radius 3 is 1.73 bits per heavy atom. The second-order valence-corrected chi connectivity index (χ2v) is 24.8. The number of allylic oxidation sites excluding steroid dienone is 8. The van der Waals surface area contributed by atoms with E-state index in [1.165, 1.54) is 46.2 Å². The van der Waals surface area contributed by atoms with Crippen molar-refractivity contribution in [2.24, 2.45) is 41.4 Å². The summed E-state index contributed by atoms with van der Waals surface area (Å²) in [6.45, 7) is 27.6. The molecule has 0 nitrogen and oxygen atoms in total. The zero-order chi connectivity index (χ0) is 36.5. The van der Waals surface area contributed by atoms with Crippen molar-refractivity contribution in [3.8, 4) is 11.1 Å². The zero-order valence-electron chi connectivity index (χ0n) is 33.5. The van der Waals surface area contributed by atoms with Gasteiger partial charge in [-0.2, -0.15) is 0 Å². The van der Waals surface area contributed by atoms with E-state index < -0.39 is 8.07 Å². The van der Waals surface area contributed by atoms with Gasteiger partial charge in [-0.15, -0.1) is 0 Å². The van der Waals surface area contributed by atoms with Crippen LogP contribution in [0.2, 0.25) is 24.2 Å². The molecule has 2 fully saturated rings. The highest BCUT2D eigenvalue weighted by atomic mass is 28.3. The van der Waals surface area contributed by atoms with E-state index in [4.69, 9.17) is 0 Å². The van der Waals surface area contributed by atoms with Crippen LogP contribution in [0.5, 0.6) is 0 Å². The van der Waals surface area contributed by atoms with Gasteiger partial charge < -0.3 is 0 Å². The summed E-state index contributed by atoms with van der Waals surface area (Å²) in [6.07, 6.45) is 17.8. The van der Waals surface area contributed by atoms with E-state index in [0.717, 1.165) is 22.9 Å². The largest absolute Gasteiger partial charge is 0.0808 e. The van der Waals surface area contributed by atoms with E-state index >= 15 is 0 Å². The standard InChI is InChI=1S/C50H64Si/c1-32(2)44-31-46-39(35-28-36(49(4,5)6)30-37(29-35)50(7,8)9)23-17-26-43(46)48(44)51(10,11)47-33(3)27-45-41(24-18-25-42(45)47)40-22-16-15-21-38(40)34-19-13-12-14-20-34/h12-26,28-30,32-33,42-48H,27,31H2,1-11H3. The Kier molecular flexibility index (Phi) is 9.48. The van der Waals surface area contributed by atoms with Crippen molar-refractivity contribution in [3.05, 3.63) is 132 Å². The summed E-state index contributed by atoms with van der Waals surface area (Å²) in [5, 5.41) is 0. The van der Waals surface area contributed by atoms with Crippen molar-refractivity contribution < 1.29 is 0 Å². The molecule has 2 saturated carbocycles. The molecule has 0 bridgehead atoms. The van der Waals surface area contributed by atoms with Gasteiger partial charge in [-0.25, -0.2) is 0 Å². The summed E-state index contributed by atoms with van der Waals surface area (Å²) in [5.74, 6) is 4.62. The average Bonchev–Trinajstić information content (AvgIpc) is 3.66. The van der Waals surface area contributed by atoms with Crippen LogP contribution in [0, 0.1) is 41.4 Å². The molecular formula is C50H64Si. The molecule has 8 unspecified atom stereocenters. The topological polar surface area (TPSA) is 0 Å². The second-order valence-electron chi connectivity index (χ2n) is 19.8. The van der Waals surface area contributed by atoms with Gasteiger partial charge in [0.1, 0.15) is 0 Å². The van der Waals surface area contributed by atoms with E-state index in [1.807, 2.05) is 0 Å². The maximum atomic E-state index is 2.83. The molecule has 7 rings (SSSR count). The number of benzene rings is 3. The Morgan fingerprint density at radius 2 is 1.14 bits per heavy atom. The summed E-state index contributed by atoms with van der Waals surface area (Å²) in [6, 6.07) is 27.8. The quantitative estimate of drug-likeness (QED) is 0.226. The van der Waals surface area contributed by atoms with Crippen molar-refractivity contribution in [1.82, 2.24) is 0 Å². The third kappa shape index (κ3) is 6.56. The van der Waals surface area contributed by atoms with Crippen LogP contribution in [-0.2, 0) is 10.8 Å². The summed E-state index contributed by atoms with van der Waals surface area (Å²) in [4.78, 5) is 0. The Hall–Kier alpha value is -3.16. The normalized spacial score (nSPS) is 29.2. The molecular weight excluding hydrogens is 629 g/mol. The molecule has 1 heteroatoms. The zero-order valence-corrected chi connectivity index (χ0v) is 34.5. The molecule has 0 heterocycles. The van der Waals surface area contributed by atoms with Crippen LogP contribution >= 0.6 is 0 Å². The third-order valence-corrected chi connectivity index (χ3v) is 19.1. The lowest BCUT2D eigenvalue weighted by Gasteiger charge is -2.47. The molecule has 268 valence electrons. The van der Waals surface area contributed by atoms with Gasteiger partial charge in [-0.3, -0.25) is 0 Å². The van der Waals surface area contributed by atoms with Gasteiger partial charge in [-0.1, -0.05) is 185 Å². The predicted molar refractivity (Wildman–Crippen MR) is 226 cm³/mol. The Morgan fingerprint density at radius 1 is 0.608 bits per heavy atom. The fraction of sp³-hybridized carbons (Fsp3) is 0.480. The van der Waals surface area contributed by atoms with Gasteiger partial charge in [0.15, 0.2) is 0 Å². The van der Waals surface area contributed by atoms with E-state index in [-0.39, 0.29) is 10.8 Å². The molecule has 8 atom stereocenters. The molecule has 0 spiro atoms. The first-order chi connectivity index (χ1) is 24.1.